The molecule has 2 rings (SSSR count). The van der Waals surface area contributed by atoms with Crippen molar-refractivity contribution in [3.8, 4) is 11.8 Å². The number of pyridine rings is 1. The molecule has 0 aliphatic rings. The van der Waals surface area contributed by atoms with Crippen LogP contribution in [-0.4, -0.2) is 39.9 Å². The molecule has 0 saturated heterocycles. The number of aromatic nitrogens is 4. The summed E-state index contributed by atoms with van der Waals surface area (Å²) in [7, 11) is -3.81. The fourth-order valence-corrected chi connectivity index (χ4v) is 2.69. The first-order chi connectivity index (χ1) is 9.12. The largest absolute Gasteiger partial charge is 0.384 e. The third-order valence-corrected chi connectivity index (χ3v) is 3.80. The average molecular weight is 297 g/mol. The molecule has 2 heterocycles. The molecule has 0 unspecified atom stereocenters. The van der Waals surface area contributed by atoms with Crippen molar-refractivity contribution in [1.82, 2.24) is 19.8 Å². The molecule has 19 heavy (non-hydrogen) atoms. The van der Waals surface area contributed by atoms with Crippen molar-refractivity contribution >= 4 is 26.7 Å². The van der Waals surface area contributed by atoms with E-state index in [0.717, 1.165) is 11.5 Å². The first-order valence-electron chi connectivity index (χ1n) is 4.84. The molecule has 2 N–H and O–H groups in total. The number of aliphatic hydroxyl groups is 1. The SMILES string of the molecule is O=S(=O)(Nc1nnns1)c1cncc(C#CCO)c1. The summed E-state index contributed by atoms with van der Waals surface area (Å²) >= 11 is 0.819. The lowest BCUT2D eigenvalue weighted by Gasteiger charge is -2.03. The van der Waals surface area contributed by atoms with Gasteiger partial charge in [0.05, 0.1) is 0 Å². The van der Waals surface area contributed by atoms with Crippen LogP contribution < -0.4 is 4.72 Å². The van der Waals surface area contributed by atoms with Crippen LogP contribution in [-0.2, 0) is 10.0 Å². The zero-order valence-corrected chi connectivity index (χ0v) is 10.9. The zero-order valence-electron chi connectivity index (χ0n) is 9.31. The molecule has 98 valence electrons. The summed E-state index contributed by atoms with van der Waals surface area (Å²) in [6, 6.07) is 1.34. The summed E-state index contributed by atoms with van der Waals surface area (Å²) < 4.78 is 29.6. The van der Waals surface area contributed by atoms with Gasteiger partial charge in [-0.3, -0.25) is 9.71 Å². The van der Waals surface area contributed by atoms with Gasteiger partial charge in [-0.25, -0.2) is 8.42 Å². The van der Waals surface area contributed by atoms with Crippen LogP contribution in [0.5, 0.6) is 0 Å². The van der Waals surface area contributed by atoms with Gasteiger partial charge in [0.2, 0.25) is 5.13 Å². The lowest BCUT2D eigenvalue weighted by Crippen LogP contribution is -2.13. The number of nitrogens with zero attached hydrogens (tertiary/aromatic N) is 4. The molecular formula is C9H7N5O3S2. The van der Waals surface area contributed by atoms with Crippen LogP contribution in [0.2, 0.25) is 0 Å². The van der Waals surface area contributed by atoms with E-state index in [1.165, 1.54) is 18.5 Å². The van der Waals surface area contributed by atoms with Crippen LogP contribution in [0.1, 0.15) is 5.56 Å². The lowest BCUT2D eigenvalue weighted by molar-refractivity contribution is 0.350. The second kappa shape index (κ2) is 5.70. The number of hydrogen-bond donors (Lipinski definition) is 2. The highest BCUT2D eigenvalue weighted by Gasteiger charge is 2.16. The van der Waals surface area contributed by atoms with Crippen LogP contribution in [0.4, 0.5) is 5.13 Å². The fraction of sp³-hybridized carbons (Fsp3) is 0.111. The highest BCUT2D eigenvalue weighted by atomic mass is 32.2. The zero-order chi connectivity index (χ0) is 13.7. The van der Waals surface area contributed by atoms with Crippen LogP contribution in [0.25, 0.3) is 0 Å². The summed E-state index contributed by atoms with van der Waals surface area (Å²) in [5.74, 6) is 4.98. The molecule has 0 radical (unpaired) electrons. The number of sulfonamides is 1. The molecule has 0 aliphatic heterocycles. The molecule has 10 heteroatoms. The minimum atomic E-state index is -3.81. The highest BCUT2D eigenvalue weighted by Crippen LogP contribution is 2.15. The normalized spacial score (nSPS) is 10.6. The Morgan fingerprint density at radius 1 is 1.42 bits per heavy atom. The molecule has 0 aromatic carbocycles. The third kappa shape index (κ3) is 3.44. The van der Waals surface area contributed by atoms with Gasteiger partial charge in [-0.2, -0.15) is 0 Å². The molecule has 0 spiro atoms. The van der Waals surface area contributed by atoms with Crippen LogP contribution in [0, 0.1) is 11.8 Å². The second-order valence-electron chi connectivity index (χ2n) is 3.14. The maximum Gasteiger partial charge on any atom is 0.265 e. The van der Waals surface area contributed by atoms with Crippen LogP contribution in [0.3, 0.4) is 0 Å². The van der Waals surface area contributed by atoms with Gasteiger partial charge in [0.25, 0.3) is 10.0 Å². The molecular weight excluding hydrogens is 290 g/mol. The van der Waals surface area contributed by atoms with Crippen molar-refractivity contribution in [2.75, 3.05) is 11.3 Å². The van der Waals surface area contributed by atoms with E-state index in [2.05, 4.69) is 36.3 Å². The molecule has 0 fully saturated rings. The number of hydrogen-bond acceptors (Lipinski definition) is 8. The van der Waals surface area contributed by atoms with E-state index in [4.69, 9.17) is 5.11 Å². The summed E-state index contributed by atoms with van der Waals surface area (Å²) in [5, 5.41) is 15.4. The molecule has 0 aliphatic carbocycles. The van der Waals surface area contributed by atoms with E-state index in [1.807, 2.05) is 0 Å². The van der Waals surface area contributed by atoms with Gasteiger partial charge in [0.1, 0.15) is 11.5 Å². The number of anilines is 1. The maximum atomic E-state index is 12.0. The van der Waals surface area contributed by atoms with Gasteiger partial charge in [-0.1, -0.05) is 21.4 Å². The van der Waals surface area contributed by atoms with Gasteiger partial charge in [0.15, 0.2) is 0 Å². The number of aliphatic hydroxyl groups excluding tert-OH is 1. The Balaban J connectivity index is 2.30. The van der Waals surface area contributed by atoms with Gasteiger partial charge < -0.3 is 5.11 Å². The lowest BCUT2D eigenvalue weighted by atomic mass is 10.3. The first-order valence-corrected chi connectivity index (χ1v) is 7.10. The Hall–Kier alpha value is -2.09. The summed E-state index contributed by atoms with van der Waals surface area (Å²) in [4.78, 5) is 3.72. The molecule has 8 nitrogen and oxygen atoms in total. The predicted molar refractivity (Wildman–Crippen MR) is 66.7 cm³/mol. The first kappa shape index (κ1) is 13.3. The Morgan fingerprint density at radius 3 is 2.95 bits per heavy atom. The number of nitrogens with one attached hydrogen (secondary N) is 1. The average Bonchev–Trinajstić information content (AvgIpc) is 2.89. The van der Waals surface area contributed by atoms with E-state index < -0.39 is 10.0 Å². The topological polar surface area (TPSA) is 118 Å². The van der Waals surface area contributed by atoms with Crippen molar-refractivity contribution in [2.24, 2.45) is 0 Å². The van der Waals surface area contributed by atoms with E-state index in [0.29, 0.717) is 5.56 Å². The van der Waals surface area contributed by atoms with Gasteiger partial charge in [0, 0.05) is 29.5 Å². The Labute approximate surface area is 112 Å². The summed E-state index contributed by atoms with van der Waals surface area (Å²) in [6.45, 7) is -0.314. The monoisotopic (exact) mass is 297 g/mol. The smallest absolute Gasteiger partial charge is 0.265 e. The van der Waals surface area contributed by atoms with Crippen molar-refractivity contribution in [1.29, 1.82) is 0 Å². The standard InChI is InChI=1S/C9H7N5O3S2/c15-3-1-2-7-4-8(6-10-5-7)19(16,17)12-9-11-13-14-18-9/h4-6,15H,3H2,(H,11,12,14). The van der Waals surface area contributed by atoms with Gasteiger partial charge in [-0.15, -0.1) is 0 Å². The molecule has 0 amide bonds. The molecule has 0 bridgehead atoms. The summed E-state index contributed by atoms with van der Waals surface area (Å²) in [6.07, 6.45) is 2.58. The van der Waals surface area contributed by atoms with Crippen molar-refractivity contribution in [3.63, 3.8) is 0 Å². The Bertz CT molecular complexity index is 718. The minimum absolute atomic E-state index is 0.0619. The second-order valence-corrected chi connectivity index (χ2v) is 5.56. The van der Waals surface area contributed by atoms with Crippen molar-refractivity contribution < 1.29 is 13.5 Å². The van der Waals surface area contributed by atoms with Crippen LogP contribution in [0.15, 0.2) is 23.4 Å². The van der Waals surface area contributed by atoms with E-state index in [1.54, 1.807) is 0 Å². The van der Waals surface area contributed by atoms with Gasteiger partial charge in [-0.05, 0) is 11.3 Å². The van der Waals surface area contributed by atoms with E-state index in [9.17, 15) is 8.42 Å². The predicted octanol–water partition coefficient (Wildman–Crippen LogP) is -0.527. The quantitative estimate of drug-likeness (QED) is 0.731. The summed E-state index contributed by atoms with van der Waals surface area (Å²) in [5.41, 5.74) is 0.382. The molecule has 0 atom stereocenters. The highest BCUT2D eigenvalue weighted by molar-refractivity contribution is 7.93. The molecule has 0 saturated carbocycles. The molecule has 2 aromatic heterocycles. The van der Waals surface area contributed by atoms with E-state index in [-0.39, 0.29) is 16.6 Å². The van der Waals surface area contributed by atoms with Crippen molar-refractivity contribution in [2.45, 2.75) is 4.90 Å². The third-order valence-electron chi connectivity index (χ3n) is 1.86. The van der Waals surface area contributed by atoms with Gasteiger partial charge >= 0.3 is 0 Å². The minimum Gasteiger partial charge on any atom is -0.384 e. The van der Waals surface area contributed by atoms with Crippen molar-refractivity contribution in [3.05, 3.63) is 24.0 Å². The maximum absolute atomic E-state index is 12.0. The Morgan fingerprint density at radius 2 is 2.26 bits per heavy atom. The number of rotatable bonds is 3. The Kier molecular flexibility index (Phi) is 4.00. The fourth-order valence-electron chi connectivity index (χ4n) is 1.12. The van der Waals surface area contributed by atoms with E-state index >= 15 is 0 Å². The molecule has 2 aromatic rings. The van der Waals surface area contributed by atoms with Crippen LogP contribution >= 0.6 is 11.5 Å².